The van der Waals surface area contributed by atoms with E-state index < -0.39 is 5.91 Å². The number of rotatable bonds is 9. The number of esters is 1. The van der Waals surface area contributed by atoms with Crippen LogP contribution in [0.1, 0.15) is 54.3 Å². The molecule has 1 aliphatic carbocycles. The second-order valence-electron chi connectivity index (χ2n) is 8.68. The van der Waals surface area contributed by atoms with Crippen molar-refractivity contribution >= 4 is 29.3 Å². The predicted octanol–water partition coefficient (Wildman–Crippen LogP) is 4.92. The van der Waals surface area contributed by atoms with Gasteiger partial charge in [0.25, 0.3) is 0 Å². The average Bonchev–Trinajstić information content (AvgIpc) is 3.38. The number of aromatic nitrogens is 2. The summed E-state index contributed by atoms with van der Waals surface area (Å²) in [7, 11) is 4.53. The van der Waals surface area contributed by atoms with Gasteiger partial charge in [0.1, 0.15) is 0 Å². The van der Waals surface area contributed by atoms with Crippen molar-refractivity contribution in [3.63, 3.8) is 0 Å². The van der Waals surface area contributed by atoms with Crippen LogP contribution in [0.4, 0.5) is 17.4 Å². The second kappa shape index (κ2) is 11.6. The third-order valence-electron chi connectivity index (χ3n) is 6.42. The molecule has 2 N–H and O–H groups in total. The van der Waals surface area contributed by atoms with Gasteiger partial charge in [-0.15, -0.1) is 5.10 Å². The first-order chi connectivity index (χ1) is 17.5. The highest BCUT2D eigenvalue weighted by Gasteiger charge is 2.24. The molecule has 36 heavy (non-hydrogen) atoms. The number of hydrogen-bond acceptors (Lipinski definition) is 9. The number of amides is 1. The lowest BCUT2D eigenvalue weighted by atomic mass is 9.77. The Kier molecular flexibility index (Phi) is 8.04. The summed E-state index contributed by atoms with van der Waals surface area (Å²) in [6, 6.07) is 13.1. The highest BCUT2D eigenvalue weighted by molar-refractivity contribution is 6.00. The Morgan fingerprint density at radius 2 is 1.61 bits per heavy atom. The zero-order valence-corrected chi connectivity index (χ0v) is 20.6. The summed E-state index contributed by atoms with van der Waals surface area (Å²) in [6.45, 7) is 0. The highest BCUT2D eigenvalue weighted by atomic mass is 16.5. The van der Waals surface area contributed by atoms with Crippen LogP contribution in [0.25, 0.3) is 0 Å². The summed E-state index contributed by atoms with van der Waals surface area (Å²) in [6.07, 6.45) is 4.58. The predicted molar refractivity (Wildman–Crippen MR) is 133 cm³/mol. The van der Waals surface area contributed by atoms with Crippen LogP contribution >= 0.6 is 0 Å². The number of hydrogen-bond donors (Lipinski definition) is 2. The zero-order valence-electron chi connectivity index (χ0n) is 20.6. The Morgan fingerprint density at radius 1 is 0.917 bits per heavy atom. The number of ether oxygens (including phenoxy) is 3. The minimum atomic E-state index is -0.501. The molecule has 10 nitrogen and oxygen atoms in total. The molecule has 0 saturated heterocycles. The van der Waals surface area contributed by atoms with E-state index in [1.165, 1.54) is 12.7 Å². The molecule has 190 valence electrons. The van der Waals surface area contributed by atoms with E-state index in [0.717, 1.165) is 25.7 Å². The zero-order chi connectivity index (χ0) is 25.5. The summed E-state index contributed by atoms with van der Waals surface area (Å²) >= 11 is 0. The summed E-state index contributed by atoms with van der Waals surface area (Å²) < 4.78 is 20.8. The molecule has 0 aliphatic heterocycles. The maximum absolute atomic E-state index is 12.6. The molecule has 10 heteroatoms. The number of nitrogens with one attached hydrogen (secondary N) is 2. The first-order valence-corrected chi connectivity index (χ1v) is 11.8. The molecule has 1 saturated carbocycles. The minimum Gasteiger partial charge on any atom is -0.493 e. The highest BCUT2D eigenvalue weighted by Crippen LogP contribution is 2.37. The molecule has 0 radical (unpaired) electrons. The normalized spacial score (nSPS) is 17.2. The Bertz CT molecular complexity index is 1190. The van der Waals surface area contributed by atoms with Gasteiger partial charge in [0.05, 0.1) is 21.3 Å². The van der Waals surface area contributed by atoms with Crippen LogP contribution < -0.4 is 20.1 Å². The fourth-order valence-electron chi connectivity index (χ4n) is 4.45. The fraction of sp³-hybridized carbons (Fsp3) is 0.385. The van der Waals surface area contributed by atoms with Crippen molar-refractivity contribution in [3.05, 3.63) is 53.9 Å². The molecule has 1 heterocycles. The second-order valence-corrected chi connectivity index (χ2v) is 8.68. The minimum absolute atomic E-state index is 0.0746. The van der Waals surface area contributed by atoms with Crippen molar-refractivity contribution < 1.29 is 28.2 Å². The monoisotopic (exact) mass is 494 g/mol. The quantitative estimate of drug-likeness (QED) is 0.399. The van der Waals surface area contributed by atoms with E-state index in [1.54, 1.807) is 32.4 Å². The maximum Gasteiger partial charge on any atom is 0.320 e. The summed E-state index contributed by atoms with van der Waals surface area (Å²) in [5.41, 5.74) is 2.50. The van der Waals surface area contributed by atoms with E-state index in [-0.39, 0.29) is 17.9 Å². The van der Waals surface area contributed by atoms with Crippen molar-refractivity contribution in [1.82, 2.24) is 10.2 Å². The number of methoxy groups -OCH3 is 3. The summed E-state index contributed by atoms with van der Waals surface area (Å²) in [5, 5.41) is 13.4. The lowest BCUT2D eigenvalue weighted by Crippen LogP contribution is -2.17. The molecule has 0 spiro atoms. The van der Waals surface area contributed by atoms with Gasteiger partial charge in [-0.2, -0.15) is 0 Å². The maximum atomic E-state index is 12.6. The number of benzene rings is 2. The van der Waals surface area contributed by atoms with Gasteiger partial charge in [0.2, 0.25) is 0 Å². The van der Waals surface area contributed by atoms with Gasteiger partial charge < -0.3 is 29.3 Å². The summed E-state index contributed by atoms with van der Waals surface area (Å²) in [4.78, 5) is 24.1. The van der Waals surface area contributed by atoms with Gasteiger partial charge in [-0.05, 0) is 67.3 Å². The van der Waals surface area contributed by atoms with E-state index in [4.69, 9.17) is 18.6 Å². The van der Waals surface area contributed by atoms with E-state index in [1.807, 2.05) is 24.3 Å². The first-order valence-electron chi connectivity index (χ1n) is 11.8. The number of nitrogens with zero attached hydrogens (tertiary/aromatic N) is 2. The lowest BCUT2D eigenvalue weighted by molar-refractivity contribution is -0.142. The first kappa shape index (κ1) is 25.0. The standard InChI is InChI=1S/C26H30N4O6/c1-33-21-13-12-20(15-22(21)34-2)28-26-30-29-25(36-26)24(32)27-19-10-8-18(9-11-19)17-6-4-16(5-7-17)14-23(31)35-3/h8-13,15-17H,4-7,14H2,1-3H3,(H,27,32)(H,28,30)/t16-,17-. The smallest absolute Gasteiger partial charge is 0.320 e. The molecule has 3 aromatic rings. The van der Waals surface area contributed by atoms with Crippen LogP contribution in [0, 0.1) is 5.92 Å². The van der Waals surface area contributed by atoms with E-state index in [0.29, 0.717) is 41.1 Å². The van der Waals surface area contributed by atoms with E-state index in [2.05, 4.69) is 20.8 Å². The van der Waals surface area contributed by atoms with E-state index in [9.17, 15) is 9.59 Å². The topological polar surface area (TPSA) is 125 Å². The van der Waals surface area contributed by atoms with Crippen LogP contribution in [-0.2, 0) is 9.53 Å². The van der Waals surface area contributed by atoms with Crippen LogP contribution in [0.3, 0.4) is 0 Å². The van der Waals surface area contributed by atoms with Gasteiger partial charge in [0, 0.05) is 23.9 Å². The van der Waals surface area contributed by atoms with Gasteiger partial charge in [-0.3, -0.25) is 9.59 Å². The van der Waals surface area contributed by atoms with Crippen molar-refractivity contribution in [2.75, 3.05) is 32.0 Å². The van der Waals surface area contributed by atoms with E-state index >= 15 is 0 Å². The van der Waals surface area contributed by atoms with Crippen LogP contribution in [-0.4, -0.2) is 43.4 Å². The summed E-state index contributed by atoms with van der Waals surface area (Å²) in [5.74, 6) is 1.18. The lowest BCUT2D eigenvalue weighted by Gasteiger charge is -2.28. The Hall–Kier alpha value is -4.08. The molecule has 2 aromatic carbocycles. The molecule has 0 bridgehead atoms. The fourth-order valence-corrected chi connectivity index (χ4v) is 4.45. The van der Waals surface area contributed by atoms with Crippen LogP contribution in [0.5, 0.6) is 11.5 Å². The molecular formula is C26H30N4O6. The van der Waals surface area contributed by atoms with Crippen LogP contribution in [0.2, 0.25) is 0 Å². The average molecular weight is 495 g/mol. The van der Waals surface area contributed by atoms with Crippen LogP contribution in [0.15, 0.2) is 46.9 Å². The third-order valence-corrected chi connectivity index (χ3v) is 6.42. The number of carbonyl (C=O) groups excluding carboxylic acids is 2. The molecule has 1 fully saturated rings. The van der Waals surface area contributed by atoms with Crippen molar-refractivity contribution in [2.45, 2.75) is 38.0 Å². The molecular weight excluding hydrogens is 464 g/mol. The molecule has 4 rings (SSSR count). The SMILES string of the molecule is COC(=O)C[C@H]1CC[C@H](c2ccc(NC(=O)c3nnc(Nc4ccc(OC)c(OC)c4)o3)cc2)CC1. The Morgan fingerprint density at radius 3 is 2.28 bits per heavy atom. The molecule has 1 amide bonds. The van der Waals surface area contributed by atoms with Gasteiger partial charge in [-0.25, -0.2) is 0 Å². The molecule has 1 aromatic heterocycles. The van der Waals surface area contributed by atoms with Crippen molar-refractivity contribution in [3.8, 4) is 11.5 Å². The number of anilines is 3. The largest absolute Gasteiger partial charge is 0.493 e. The Labute approximate surface area is 209 Å². The number of carbonyl (C=O) groups is 2. The van der Waals surface area contributed by atoms with Crippen molar-refractivity contribution in [1.29, 1.82) is 0 Å². The molecule has 1 aliphatic rings. The molecule has 0 unspecified atom stereocenters. The van der Waals surface area contributed by atoms with Gasteiger partial charge in [0.15, 0.2) is 11.5 Å². The van der Waals surface area contributed by atoms with Gasteiger partial charge >= 0.3 is 23.8 Å². The third kappa shape index (κ3) is 6.12. The van der Waals surface area contributed by atoms with Crippen molar-refractivity contribution in [2.24, 2.45) is 5.92 Å². The Balaban J connectivity index is 1.31. The molecule has 0 atom stereocenters. The van der Waals surface area contributed by atoms with Gasteiger partial charge in [-0.1, -0.05) is 17.2 Å².